The van der Waals surface area contributed by atoms with E-state index in [2.05, 4.69) is 0 Å². The fourth-order valence-corrected chi connectivity index (χ4v) is 2.99. The van der Waals surface area contributed by atoms with E-state index in [1.165, 1.54) is 0 Å². The second-order valence-corrected chi connectivity index (χ2v) is 5.95. The summed E-state index contributed by atoms with van der Waals surface area (Å²) in [5, 5.41) is 0. The summed E-state index contributed by atoms with van der Waals surface area (Å²) in [5.74, 6) is -1.12. The van der Waals surface area contributed by atoms with E-state index in [0.717, 1.165) is 5.56 Å². The first-order valence-corrected chi connectivity index (χ1v) is 7.23. The van der Waals surface area contributed by atoms with Crippen molar-refractivity contribution in [1.82, 2.24) is 4.90 Å². The van der Waals surface area contributed by atoms with Crippen molar-refractivity contribution in [1.29, 1.82) is 0 Å². The van der Waals surface area contributed by atoms with Gasteiger partial charge in [0, 0.05) is 25.4 Å². The molecule has 1 atom stereocenters. The monoisotopic (exact) mass is 271 g/mol. The number of rotatable bonds is 4. The van der Waals surface area contributed by atoms with Crippen LogP contribution in [0.5, 0.6) is 0 Å². The van der Waals surface area contributed by atoms with E-state index in [1.807, 2.05) is 30.3 Å². The zero-order chi connectivity index (χ0) is 13.2. The van der Waals surface area contributed by atoms with E-state index in [0.29, 0.717) is 13.1 Å². The molecule has 1 fully saturated rings. The van der Waals surface area contributed by atoms with Crippen molar-refractivity contribution in [2.45, 2.75) is 13.0 Å². The van der Waals surface area contributed by atoms with Crippen molar-refractivity contribution in [3.63, 3.8) is 0 Å². The van der Waals surface area contributed by atoms with Gasteiger partial charge in [0.1, 0.15) is 0 Å². The number of benzene rings is 1. The van der Waals surface area contributed by atoms with Crippen molar-refractivity contribution < 1.29 is 17.1 Å². The third-order valence-electron chi connectivity index (χ3n) is 2.95. The summed E-state index contributed by atoms with van der Waals surface area (Å²) in [6.45, 7) is 0.749. The minimum atomic E-state index is -4.51. The quantitative estimate of drug-likeness (QED) is 0.776. The average molecular weight is 271 g/mol. The second kappa shape index (κ2) is 5.06. The molecule has 1 saturated heterocycles. The minimum absolute atomic E-state index is 0.107. The van der Waals surface area contributed by atoms with Gasteiger partial charge in [-0.1, -0.05) is 30.3 Å². The van der Waals surface area contributed by atoms with Gasteiger partial charge >= 0.3 is 10.2 Å². The van der Waals surface area contributed by atoms with Gasteiger partial charge in [-0.3, -0.25) is 4.79 Å². The molecule has 1 unspecified atom stereocenters. The molecule has 0 N–H and O–H groups in total. The van der Waals surface area contributed by atoms with Gasteiger partial charge in [-0.25, -0.2) is 0 Å². The molecule has 1 aromatic rings. The zero-order valence-electron chi connectivity index (χ0n) is 9.75. The Hall–Kier alpha value is -1.43. The molecule has 2 rings (SSSR count). The summed E-state index contributed by atoms with van der Waals surface area (Å²) >= 11 is 0. The lowest BCUT2D eigenvalue weighted by molar-refractivity contribution is -0.128. The number of carbonyl (C=O) groups is 1. The summed E-state index contributed by atoms with van der Waals surface area (Å²) in [4.78, 5) is 13.3. The lowest BCUT2D eigenvalue weighted by Crippen LogP contribution is -2.25. The SMILES string of the molecule is O=C1CC(CS(=O)(=O)F)CN1Cc1ccccc1. The van der Waals surface area contributed by atoms with Gasteiger partial charge in [-0.05, 0) is 5.56 Å². The van der Waals surface area contributed by atoms with Gasteiger partial charge in [0.05, 0.1) is 5.75 Å². The molecule has 0 aromatic heterocycles. The van der Waals surface area contributed by atoms with Crippen molar-refractivity contribution >= 4 is 16.1 Å². The third kappa shape index (κ3) is 3.53. The molecule has 1 amide bonds. The summed E-state index contributed by atoms with van der Waals surface area (Å²) in [6, 6.07) is 9.42. The molecule has 1 aromatic carbocycles. The van der Waals surface area contributed by atoms with E-state index >= 15 is 0 Å². The Morgan fingerprint density at radius 2 is 1.94 bits per heavy atom. The topological polar surface area (TPSA) is 54.5 Å². The van der Waals surface area contributed by atoms with Crippen LogP contribution >= 0.6 is 0 Å². The minimum Gasteiger partial charge on any atom is -0.338 e. The molecule has 1 aliphatic rings. The maximum atomic E-state index is 12.6. The number of hydrogen-bond acceptors (Lipinski definition) is 3. The number of likely N-dealkylation sites (tertiary alicyclic amines) is 1. The smallest absolute Gasteiger partial charge is 0.302 e. The summed E-state index contributed by atoms with van der Waals surface area (Å²) in [7, 11) is -4.51. The maximum absolute atomic E-state index is 12.6. The van der Waals surface area contributed by atoms with E-state index in [1.54, 1.807) is 4.90 Å². The van der Waals surface area contributed by atoms with Gasteiger partial charge in [0.25, 0.3) is 0 Å². The Morgan fingerprint density at radius 3 is 2.56 bits per heavy atom. The molecule has 1 aliphatic heterocycles. The molecule has 98 valence electrons. The first-order valence-electron chi connectivity index (χ1n) is 5.68. The molecular formula is C12H14FNO3S. The van der Waals surface area contributed by atoms with Crippen LogP contribution in [-0.4, -0.2) is 31.5 Å². The van der Waals surface area contributed by atoms with Crippen molar-refractivity contribution in [3.05, 3.63) is 35.9 Å². The third-order valence-corrected chi connectivity index (χ3v) is 3.82. The Kier molecular flexibility index (Phi) is 3.65. The van der Waals surface area contributed by atoms with E-state index in [4.69, 9.17) is 0 Å². The fraction of sp³-hybridized carbons (Fsp3) is 0.417. The lowest BCUT2D eigenvalue weighted by Gasteiger charge is -2.16. The Labute approximate surface area is 106 Å². The number of carbonyl (C=O) groups excluding carboxylic acids is 1. The molecule has 4 nitrogen and oxygen atoms in total. The van der Waals surface area contributed by atoms with Gasteiger partial charge in [-0.15, -0.1) is 3.89 Å². The highest BCUT2D eigenvalue weighted by molar-refractivity contribution is 7.86. The standard InChI is InChI=1S/C12H14FNO3S/c13-18(16,17)9-11-6-12(15)14(8-11)7-10-4-2-1-3-5-10/h1-5,11H,6-9H2. The fourth-order valence-electron chi connectivity index (χ4n) is 2.20. The molecule has 0 aliphatic carbocycles. The summed E-state index contributed by atoms with van der Waals surface area (Å²) in [6.07, 6.45) is 0.107. The van der Waals surface area contributed by atoms with E-state index in [-0.39, 0.29) is 12.3 Å². The van der Waals surface area contributed by atoms with Crippen LogP contribution in [-0.2, 0) is 21.6 Å². The van der Waals surface area contributed by atoms with Crippen LogP contribution in [0.3, 0.4) is 0 Å². The van der Waals surface area contributed by atoms with Crippen LogP contribution in [0, 0.1) is 5.92 Å². The Bertz CT molecular complexity index is 530. The highest BCUT2D eigenvalue weighted by atomic mass is 32.3. The van der Waals surface area contributed by atoms with Crippen molar-refractivity contribution in [2.75, 3.05) is 12.3 Å². The Morgan fingerprint density at radius 1 is 1.28 bits per heavy atom. The summed E-state index contributed by atoms with van der Waals surface area (Å²) < 4.78 is 33.7. The van der Waals surface area contributed by atoms with Gasteiger partial charge in [-0.2, -0.15) is 8.42 Å². The van der Waals surface area contributed by atoms with Crippen LogP contribution in [0.25, 0.3) is 0 Å². The van der Waals surface area contributed by atoms with E-state index < -0.39 is 21.9 Å². The zero-order valence-corrected chi connectivity index (χ0v) is 10.6. The lowest BCUT2D eigenvalue weighted by atomic mass is 10.1. The van der Waals surface area contributed by atoms with Gasteiger partial charge in [0.2, 0.25) is 5.91 Å². The maximum Gasteiger partial charge on any atom is 0.302 e. The van der Waals surface area contributed by atoms with Gasteiger partial charge in [0.15, 0.2) is 0 Å². The average Bonchev–Trinajstić information content (AvgIpc) is 2.58. The van der Waals surface area contributed by atoms with Crippen LogP contribution < -0.4 is 0 Å². The molecule has 0 bridgehead atoms. The second-order valence-electron chi connectivity index (χ2n) is 4.54. The molecule has 0 spiro atoms. The number of nitrogens with zero attached hydrogens (tertiary/aromatic N) is 1. The first-order chi connectivity index (χ1) is 8.44. The van der Waals surface area contributed by atoms with Crippen LogP contribution in [0.15, 0.2) is 30.3 Å². The summed E-state index contributed by atoms with van der Waals surface area (Å²) in [5.41, 5.74) is 0.981. The predicted octanol–water partition coefficient (Wildman–Crippen LogP) is 1.33. The van der Waals surface area contributed by atoms with Gasteiger partial charge < -0.3 is 4.90 Å². The number of halogens is 1. The molecule has 18 heavy (non-hydrogen) atoms. The Balaban J connectivity index is 1.98. The first kappa shape index (κ1) is 13.0. The number of amides is 1. The largest absolute Gasteiger partial charge is 0.338 e. The molecule has 1 heterocycles. The predicted molar refractivity (Wildman–Crippen MR) is 64.9 cm³/mol. The molecule has 0 saturated carbocycles. The van der Waals surface area contributed by atoms with E-state index in [9.17, 15) is 17.1 Å². The molecule has 6 heteroatoms. The van der Waals surface area contributed by atoms with Crippen LogP contribution in [0.2, 0.25) is 0 Å². The molecule has 0 radical (unpaired) electrons. The van der Waals surface area contributed by atoms with Crippen molar-refractivity contribution in [2.24, 2.45) is 5.92 Å². The van der Waals surface area contributed by atoms with Crippen molar-refractivity contribution in [3.8, 4) is 0 Å². The van der Waals surface area contributed by atoms with Crippen LogP contribution in [0.1, 0.15) is 12.0 Å². The molecular weight excluding hydrogens is 257 g/mol. The highest BCUT2D eigenvalue weighted by Crippen LogP contribution is 2.21. The normalized spacial score (nSPS) is 20.4. The highest BCUT2D eigenvalue weighted by Gasteiger charge is 2.32. The number of hydrogen-bond donors (Lipinski definition) is 0. The van der Waals surface area contributed by atoms with Crippen LogP contribution in [0.4, 0.5) is 3.89 Å².